The number of carbonyl (C=O) groups is 6. The SMILES string of the molecule is CNN(C(=O)CC(=O)c1c(I)c(NC(=O)COC)c(I)c(C(=O)NCC(O)CO)c1I)c1c(I)c(C(=O)NCC(O)CO)c(I)c(C(=O)NCC(O)CO)c1I. The molecule has 5 amide bonds. The summed E-state index contributed by atoms with van der Waals surface area (Å²) in [5, 5.41) is 68.3. The summed E-state index contributed by atoms with van der Waals surface area (Å²) in [7, 11) is 2.65. The molecule has 310 valence electrons. The van der Waals surface area contributed by atoms with E-state index in [-0.39, 0.29) is 81.3 Å². The molecule has 0 heterocycles. The highest BCUT2D eigenvalue weighted by Gasteiger charge is 2.35. The van der Waals surface area contributed by atoms with Crippen LogP contribution in [0.5, 0.6) is 0 Å². The lowest BCUT2D eigenvalue weighted by atomic mass is 10.0. The number of nitrogens with zero attached hydrogens (tertiary/aromatic N) is 1. The Balaban J connectivity index is 2.79. The minimum atomic E-state index is -1.30. The molecule has 2 aromatic carbocycles. The summed E-state index contributed by atoms with van der Waals surface area (Å²) in [5.74, 6) is -4.60. The number of carbonyl (C=O) groups excluding carboxylic acids is 6. The van der Waals surface area contributed by atoms with E-state index in [1.54, 1.807) is 90.4 Å². The highest BCUT2D eigenvalue weighted by Crippen LogP contribution is 2.39. The highest BCUT2D eigenvalue weighted by atomic mass is 127. The number of amides is 5. The zero-order chi connectivity index (χ0) is 42.6. The number of aliphatic hydroxyl groups is 6. The molecule has 0 aliphatic heterocycles. The Morgan fingerprint density at radius 1 is 0.625 bits per heavy atom. The van der Waals surface area contributed by atoms with Gasteiger partial charge in [0.15, 0.2) is 5.78 Å². The van der Waals surface area contributed by atoms with Crippen molar-refractivity contribution in [1.29, 1.82) is 0 Å². The second-order valence-electron chi connectivity index (χ2n) is 11.3. The Hall–Kier alpha value is -0.480. The molecule has 0 radical (unpaired) electrons. The maximum absolute atomic E-state index is 14.2. The Kier molecular flexibility index (Phi) is 22.8. The van der Waals surface area contributed by atoms with E-state index in [1.165, 1.54) is 14.2 Å². The quantitative estimate of drug-likeness (QED) is 0.0357. The van der Waals surface area contributed by atoms with E-state index in [0.717, 1.165) is 5.01 Å². The number of Topliss-reactive ketones (excluding diaryl/α,β-unsaturated/α-hetero) is 1. The number of benzene rings is 2. The molecule has 0 spiro atoms. The summed E-state index contributed by atoms with van der Waals surface area (Å²) in [6.45, 7) is -3.36. The number of methoxy groups -OCH3 is 1. The fraction of sp³-hybridized carbons (Fsp3) is 0.419. The largest absolute Gasteiger partial charge is 0.394 e. The topological polar surface area (TPSA) is 296 Å². The number of hydrogen-bond acceptors (Lipinski definition) is 14. The van der Waals surface area contributed by atoms with Crippen LogP contribution in [0.4, 0.5) is 11.4 Å². The monoisotopic (exact) mass is 1460 g/mol. The lowest BCUT2D eigenvalue weighted by molar-refractivity contribution is -0.120. The van der Waals surface area contributed by atoms with Crippen LogP contribution in [0.25, 0.3) is 0 Å². The minimum Gasteiger partial charge on any atom is -0.394 e. The number of nitrogens with one attached hydrogen (secondary N) is 5. The van der Waals surface area contributed by atoms with Crippen molar-refractivity contribution in [2.75, 3.05) is 70.5 Å². The van der Waals surface area contributed by atoms with Gasteiger partial charge in [-0.05, 0) is 136 Å². The van der Waals surface area contributed by atoms with E-state index in [1.807, 2.05) is 45.2 Å². The van der Waals surface area contributed by atoms with Crippen molar-refractivity contribution < 1.29 is 64.1 Å². The van der Waals surface area contributed by atoms with Crippen molar-refractivity contribution in [3.05, 3.63) is 43.7 Å². The maximum Gasteiger partial charge on any atom is 0.253 e. The molecule has 0 saturated carbocycles. The first-order valence-electron chi connectivity index (χ1n) is 15.8. The van der Waals surface area contributed by atoms with E-state index >= 15 is 0 Å². The van der Waals surface area contributed by atoms with Gasteiger partial charge in [-0.1, -0.05) is 0 Å². The Labute approximate surface area is 401 Å². The zero-order valence-corrected chi connectivity index (χ0v) is 42.1. The number of rotatable bonds is 20. The third kappa shape index (κ3) is 13.3. The van der Waals surface area contributed by atoms with Gasteiger partial charge >= 0.3 is 0 Å². The van der Waals surface area contributed by atoms with Crippen LogP contribution in [0.3, 0.4) is 0 Å². The smallest absolute Gasteiger partial charge is 0.253 e. The van der Waals surface area contributed by atoms with Crippen molar-refractivity contribution >= 4 is 182 Å². The van der Waals surface area contributed by atoms with Crippen molar-refractivity contribution in [2.45, 2.75) is 24.7 Å². The molecule has 2 aromatic rings. The zero-order valence-electron chi connectivity index (χ0n) is 29.1. The number of ether oxygens (including phenoxy) is 1. The summed E-state index contributed by atoms with van der Waals surface area (Å²) in [6, 6.07) is 0. The predicted molar refractivity (Wildman–Crippen MR) is 251 cm³/mol. The van der Waals surface area contributed by atoms with E-state index in [4.69, 9.17) is 4.74 Å². The molecule has 0 aliphatic carbocycles. The van der Waals surface area contributed by atoms with E-state index in [2.05, 4.69) is 26.7 Å². The Morgan fingerprint density at radius 2 is 1.00 bits per heavy atom. The van der Waals surface area contributed by atoms with Crippen LogP contribution < -0.4 is 31.7 Å². The summed E-state index contributed by atoms with van der Waals surface area (Å²) >= 11 is 10.8. The van der Waals surface area contributed by atoms with Gasteiger partial charge in [-0.15, -0.1) is 0 Å². The average molecular weight is 1460 g/mol. The molecule has 3 atom stereocenters. The second kappa shape index (κ2) is 24.7. The van der Waals surface area contributed by atoms with Crippen molar-refractivity contribution in [3.63, 3.8) is 0 Å². The molecular weight excluding hydrogens is 1430 g/mol. The first-order chi connectivity index (χ1) is 26.3. The number of ketones is 1. The van der Waals surface area contributed by atoms with Gasteiger partial charge in [0.05, 0.1) is 83.3 Å². The first-order valence-corrected chi connectivity index (χ1v) is 22.2. The summed E-state index contributed by atoms with van der Waals surface area (Å²) in [6.07, 6.45) is -4.74. The number of hydrogen-bond donors (Lipinski definition) is 11. The lowest BCUT2D eigenvalue weighted by Gasteiger charge is -2.27. The normalized spacial score (nSPS) is 12.7. The maximum atomic E-state index is 14.2. The molecular formula is C31H36I6N6O13. The number of anilines is 2. The number of hydrazine groups is 1. The predicted octanol–water partition coefficient (Wildman–Crippen LogP) is -0.111. The average Bonchev–Trinajstić information content (AvgIpc) is 3.14. The van der Waals surface area contributed by atoms with Crippen LogP contribution in [0.1, 0.15) is 47.9 Å². The third-order valence-electron chi connectivity index (χ3n) is 7.25. The fourth-order valence-electron chi connectivity index (χ4n) is 4.53. The molecule has 0 aromatic heterocycles. The molecule has 2 rings (SSSR count). The minimum absolute atomic E-state index is 0.0188. The van der Waals surface area contributed by atoms with Crippen LogP contribution in [-0.4, -0.2) is 144 Å². The van der Waals surface area contributed by atoms with Gasteiger partial charge in [0, 0.05) is 50.1 Å². The van der Waals surface area contributed by atoms with Gasteiger partial charge in [-0.2, -0.15) is 0 Å². The van der Waals surface area contributed by atoms with Gasteiger partial charge in [0.25, 0.3) is 17.7 Å². The highest BCUT2D eigenvalue weighted by molar-refractivity contribution is 14.1. The van der Waals surface area contributed by atoms with Gasteiger partial charge in [-0.25, -0.2) is 10.4 Å². The standard InChI is InChI=1S/C31H36I6N6O13/c1-38-43(28-25(36)19(30(54)40-5-12(48)8-45)22(33)20(26(28)37)31(55)41-6-13(49)9-46)16(52)3-14(50)17-21(32)18(29(53)39-4-11(47)7-44)24(35)27(23(17)34)42-15(51)10-56-2/h11-13,38,44-49H,3-10H2,1-2H3,(H,39,53)(H,40,54)(H,41,55)(H,42,51). The van der Waals surface area contributed by atoms with Crippen molar-refractivity contribution in [1.82, 2.24) is 21.4 Å². The van der Waals surface area contributed by atoms with Gasteiger partial charge in [0.2, 0.25) is 11.8 Å². The molecule has 0 aliphatic rings. The van der Waals surface area contributed by atoms with Crippen LogP contribution in [0.2, 0.25) is 0 Å². The molecule has 3 unspecified atom stereocenters. The Bertz CT molecular complexity index is 1790. The fourth-order valence-corrected chi connectivity index (χ4v) is 13.7. The number of halogens is 6. The molecule has 0 fully saturated rings. The third-order valence-corrected chi connectivity index (χ3v) is 13.7. The summed E-state index contributed by atoms with van der Waals surface area (Å²) < 4.78 is 5.83. The van der Waals surface area contributed by atoms with Crippen LogP contribution in [0, 0.1) is 21.4 Å². The van der Waals surface area contributed by atoms with Gasteiger partial charge < -0.3 is 56.6 Å². The summed E-state index contributed by atoms with van der Waals surface area (Å²) in [4.78, 5) is 81.5. The van der Waals surface area contributed by atoms with Gasteiger partial charge in [-0.3, -0.25) is 28.8 Å². The summed E-state index contributed by atoms with van der Waals surface area (Å²) in [5.41, 5.74) is 2.41. The molecule has 11 N–H and O–H groups in total. The van der Waals surface area contributed by atoms with Crippen LogP contribution >= 0.6 is 136 Å². The Morgan fingerprint density at radius 3 is 1.38 bits per heavy atom. The van der Waals surface area contributed by atoms with Crippen molar-refractivity contribution in [3.8, 4) is 0 Å². The van der Waals surface area contributed by atoms with E-state index in [0.29, 0.717) is 0 Å². The first kappa shape index (κ1) is 51.7. The molecule has 0 saturated heterocycles. The van der Waals surface area contributed by atoms with E-state index in [9.17, 15) is 59.4 Å². The second-order valence-corrected chi connectivity index (χ2v) is 17.8. The van der Waals surface area contributed by atoms with Crippen molar-refractivity contribution in [2.24, 2.45) is 0 Å². The van der Waals surface area contributed by atoms with Crippen LogP contribution in [-0.2, 0) is 14.3 Å². The lowest BCUT2D eigenvalue weighted by Crippen LogP contribution is -2.44. The molecule has 19 nitrogen and oxygen atoms in total. The van der Waals surface area contributed by atoms with E-state index < -0.39 is 79.9 Å². The number of aliphatic hydroxyl groups excluding tert-OH is 6. The molecule has 56 heavy (non-hydrogen) atoms. The molecule has 0 bridgehead atoms. The molecule has 25 heteroatoms. The van der Waals surface area contributed by atoms with Gasteiger partial charge in [0.1, 0.15) is 6.61 Å². The van der Waals surface area contributed by atoms with Crippen LogP contribution in [0.15, 0.2) is 0 Å².